The van der Waals surface area contributed by atoms with Crippen molar-refractivity contribution >= 4 is 33.5 Å². The quantitative estimate of drug-likeness (QED) is 0.887. The maximum absolute atomic E-state index is 11.1. The number of rotatable bonds is 3. The molecule has 6 heteroatoms. The highest BCUT2D eigenvalue weighted by atomic mass is 79.9. The number of hydrogen-bond donors (Lipinski definition) is 2. The summed E-state index contributed by atoms with van der Waals surface area (Å²) in [6.07, 6.45) is 1.49. The number of benzene rings is 1. The molecule has 102 valence electrons. The molecule has 3 N–H and O–H groups in total. The van der Waals surface area contributed by atoms with Crippen LogP contribution in [0.25, 0.3) is 0 Å². The molecule has 1 aliphatic rings. The Morgan fingerprint density at radius 2 is 1.95 bits per heavy atom. The minimum absolute atomic E-state index is 0.0435. The molecular weight excluding hydrogens is 312 g/mol. The van der Waals surface area contributed by atoms with E-state index in [0.717, 1.165) is 31.6 Å². The van der Waals surface area contributed by atoms with Crippen LogP contribution >= 0.6 is 15.9 Å². The Bertz CT molecular complexity index is 511. The van der Waals surface area contributed by atoms with Gasteiger partial charge >= 0.3 is 5.97 Å². The summed E-state index contributed by atoms with van der Waals surface area (Å²) in [6, 6.07) is 5.18. The molecule has 5 nitrogen and oxygen atoms in total. The van der Waals surface area contributed by atoms with Gasteiger partial charge in [0.25, 0.3) is 0 Å². The first-order chi connectivity index (χ1) is 8.99. The lowest BCUT2D eigenvalue weighted by Crippen LogP contribution is -2.38. The van der Waals surface area contributed by atoms with Gasteiger partial charge in [0.15, 0.2) is 0 Å². The zero-order valence-electron chi connectivity index (χ0n) is 10.3. The van der Waals surface area contributed by atoms with E-state index >= 15 is 0 Å². The van der Waals surface area contributed by atoms with E-state index in [-0.39, 0.29) is 17.4 Å². The van der Waals surface area contributed by atoms with Gasteiger partial charge in [0.2, 0.25) is 5.91 Å². The summed E-state index contributed by atoms with van der Waals surface area (Å²) in [7, 11) is 0. The van der Waals surface area contributed by atoms with E-state index in [9.17, 15) is 9.59 Å². The number of primary amides is 1. The summed E-state index contributed by atoms with van der Waals surface area (Å²) in [5.41, 5.74) is 6.50. The minimum atomic E-state index is -0.953. The fourth-order valence-electron chi connectivity index (χ4n) is 2.30. The third-order valence-electron chi connectivity index (χ3n) is 3.45. The number of carbonyl (C=O) groups excluding carboxylic acids is 1. The van der Waals surface area contributed by atoms with E-state index in [2.05, 4.69) is 20.8 Å². The number of nitrogens with two attached hydrogens (primary N) is 1. The van der Waals surface area contributed by atoms with Crippen molar-refractivity contribution in [2.75, 3.05) is 18.0 Å². The van der Waals surface area contributed by atoms with Crippen molar-refractivity contribution in [3.05, 3.63) is 28.2 Å². The number of carboxylic acid groups (broad SMARTS) is 1. The van der Waals surface area contributed by atoms with Gasteiger partial charge in [-0.2, -0.15) is 0 Å². The second kappa shape index (κ2) is 5.61. The monoisotopic (exact) mass is 326 g/mol. The Kier molecular flexibility index (Phi) is 4.09. The zero-order chi connectivity index (χ0) is 14.0. The second-order valence-electron chi connectivity index (χ2n) is 4.63. The zero-order valence-corrected chi connectivity index (χ0v) is 11.9. The van der Waals surface area contributed by atoms with Crippen LogP contribution in [0.4, 0.5) is 5.69 Å². The maximum Gasteiger partial charge on any atom is 0.336 e. The predicted octanol–water partition coefficient (Wildman–Crippen LogP) is 1.85. The molecule has 19 heavy (non-hydrogen) atoms. The lowest BCUT2D eigenvalue weighted by atomic mass is 9.96. The molecule has 0 bridgehead atoms. The Labute approximate surface area is 119 Å². The molecule has 1 heterocycles. The summed E-state index contributed by atoms with van der Waals surface area (Å²) >= 11 is 3.27. The van der Waals surface area contributed by atoms with Crippen molar-refractivity contribution in [1.29, 1.82) is 0 Å². The Hall–Kier alpha value is -1.56. The van der Waals surface area contributed by atoms with E-state index in [4.69, 9.17) is 10.8 Å². The van der Waals surface area contributed by atoms with Crippen molar-refractivity contribution in [2.45, 2.75) is 12.8 Å². The summed E-state index contributed by atoms with van der Waals surface area (Å²) in [6.45, 7) is 1.51. The second-order valence-corrected chi connectivity index (χ2v) is 5.49. The standard InChI is InChI=1S/C13H15BrN2O3/c14-11-7-9(1-2-10(11)13(18)19)16-5-3-8(4-6-16)12(15)17/h1-2,7-8H,3-6H2,(H2,15,17)(H,18,19). The Morgan fingerprint density at radius 3 is 2.42 bits per heavy atom. The van der Waals surface area contributed by atoms with Crippen molar-refractivity contribution in [3.8, 4) is 0 Å². The SMILES string of the molecule is NC(=O)C1CCN(c2ccc(C(=O)O)c(Br)c2)CC1. The normalized spacial score (nSPS) is 16.4. The first kappa shape index (κ1) is 13.9. The van der Waals surface area contributed by atoms with Gasteiger partial charge in [0.1, 0.15) is 0 Å². The summed E-state index contributed by atoms with van der Waals surface area (Å²) in [5, 5.41) is 8.97. The minimum Gasteiger partial charge on any atom is -0.478 e. The van der Waals surface area contributed by atoms with Crippen LogP contribution in [0.5, 0.6) is 0 Å². The highest BCUT2D eigenvalue weighted by Gasteiger charge is 2.23. The molecule has 0 aliphatic carbocycles. The van der Waals surface area contributed by atoms with Crippen molar-refractivity contribution in [1.82, 2.24) is 0 Å². The molecule has 0 aromatic heterocycles. The molecule has 1 amide bonds. The highest BCUT2D eigenvalue weighted by Crippen LogP contribution is 2.27. The number of carboxylic acids is 1. The molecule has 2 rings (SSSR count). The Morgan fingerprint density at radius 1 is 1.32 bits per heavy atom. The molecule has 1 aromatic carbocycles. The number of piperidine rings is 1. The largest absolute Gasteiger partial charge is 0.478 e. The summed E-state index contributed by atoms with van der Waals surface area (Å²) in [4.78, 5) is 24.2. The van der Waals surface area contributed by atoms with Crippen LogP contribution in [0.3, 0.4) is 0 Å². The Balaban J connectivity index is 2.10. The third kappa shape index (κ3) is 3.07. The number of nitrogens with zero attached hydrogens (tertiary/aromatic N) is 1. The van der Waals surface area contributed by atoms with Gasteiger partial charge in [0, 0.05) is 29.2 Å². The van der Waals surface area contributed by atoms with Crippen LogP contribution in [0.2, 0.25) is 0 Å². The molecule has 1 aliphatic heterocycles. The van der Waals surface area contributed by atoms with E-state index < -0.39 is 5.97 Å². The van der Waals surface area contributed by atoms with Crippen LogP contribution in [-0.4, -0.2) is 30.1 Å². The smallest absolute Gasteiger partial charge is 0.336 e. The van der Waals surface area contributed by atoms with Gasteiger partial charge in [0.05, 0.1) is 5.56 Å². The van der Waals surface area contributed by atoms with Gasteiger partial charge in [-0.15, -0.1) is 0 Å². The van der Waals surface area contributed by atoms with Crippen molar-refractivity contribution in [3.63, 3.8) is 0 Å². The molecule has 0 radical (unpaired) electrons. The molecule has 0 spiro atoms. The average molecular weight is 327 g/mol. The average Bonchev–Trinajstić information content (AvgIpc) is 2.38. The van der Waals surface area contributed by atoms with Crippen LogP contribution in [0.1, 0.15) is 23.2 Å². The van der Waals surface area contributed by atoms with Gasteiger partial charge in [-0.05, 0) is 47.0 Å². The summed E-state index contributed by atoms with van der Waals surface area (Å²) < 4.78 is 0.564. The lowest BCUT2D eigenvalue weighted by Gasteiger charge is -2.32. The van der Waals surface area contributed by atoms with Gasteiger partial charge in [-0.3, -0.25) is 4.79 Å². The van der Waals surface area contributed by atoms with E-state index in [0.29, 0.717) is 4.47 Å². The topological polar surface area (TPSA) is 83.6 Å². The van der Waals surface area contributed by atoms with E-state index in [1.54, 1.807) is 18.2 Å². The lowest BCUT2D eigenvalue weighted by molar-refractivity contribution is -0.122. The van der Waals surface area contributed by atoms with Crippen molar-refractivity contribution in [2.24, 2.45) is 11.7 Å². The number of aromatic carboxylic acids is 1. The summed E-state index contributed by atoms with van der Waals surface area (Å²) in [5.74, 6) is -1.23. The van der Waals surface area contributed by atoms with Crippen LogP contribution < -0.4 is 10.6 Å². The molecule has 1 fully saturated rings. The van der Waals surface area contributed by atoms with E-state index in [1.165, 1.54) is 0 Å². The van der Waals surface area contributed by atoms with Gasteiger partial charge < -0.3 is 15.7 Å². The third-order valence-corrected chi connectivity index (χ3v) is 4.10. The van der Waals surface area contributed by atoms with Crippen LogP contribution in [0.15, 0.2) is 22.7 Å². The number of hydrogen-bond acceptors (Lipinski definition) is 3. The number of amides is 1. The van der Waals surface area contributed by atoms with Gasteiger partial charge in [-0.25, -0.2) is 4.79 Å². The maximum atomic E-state index is 11.1. The van der Waals surface area contributed by atoms with Crippen molar-refractivity contribution < 1.29 is 14.7 Å². The molecule has 0 unspecified atom stereocenters. The highest BCUT2D eigenvalue weighted by molar-refractivity contribution is 9.10. The molecule has 0 saturated carbocycles. The van der Waals surface area contributed by atoms with Crippen LogP contribution in [0, 0.1) is 5.92 Å². The number of anilines is 1. The van der Waals surface area contributed by atoms with E-state index in [1.807, 2.05) is 0 Å². The van der Waals surface area contributed by atoms with Gasteiger partial charge in [-0.1, -0.05) is 0 Å². The predicted molar refractivity (Wildman–Crippen MR) is 75.2 cm³/mol. The first-order valence-corrected chi connectivity index (χ1v) is 6.85. The molecular formula is C13H15BrN2O3. The molecule has 1 aromatic rings. The molecule has 0 atom stereocenters. The fourth-order valence-corrected chi connectivity index (χ4v) is 2.83. The molecule has 1 saturated heterocycles. The first-order valence-electron chi connectivity index (χ1n) is 6.06. The van der Waals surface area contributed by atoms with Crippen LogP contribution in [-0.2, 0) is 4.79 Å². The number of halogens is 1. The fraction of sp³-hybridized carbons (Fsp3) is 0.385. The number of carbonyl (C=O) groups is 2.